The highest BCUT2D eigenvalue weighted by atomic mass is 127. The zero-order chi connectivity index (χ0) is 19.9. The minimum absolute atomic E-state index is 0. The number of nitrogens with one attached hydrogen (secondary N) is 2. The fourth-order valence-corrected chi connectivity index (χ4v) is 3.90. The Hall–Kier alpha value is -2.07. The van der Waals surface area contributed by atoms with Crippen LogP contribution in [-0.4, -0.2) is 35.9 Å². The molecule has 8 heteroatoms. The number of thiophene rings is 1. The molecule has 0 amide bonds. The van der Waals surface area contributed by atoms with Gasteiger partial charge in [0.2, 0.25) is 0 Å². The molecule has 2 heterocycles. The van der Waals surface area contributed by atoms with Gasteiger partial charge in [-0.05, 0) is 56.3 Å². The van der Waals surface area contributed by atoms with E-state index < -0.39 is 0 Å². The fraction of sp³-hybridized carbons (Fsp3) is 0.333. The third-order valence-corrected chi connectivity index (χ3v) is 5.35. The molecular formula is C21H28IN5OS. The molecular weight excluding hydrogens is 497 g/mol. The van der Waals surface area contributed by atoms with Gasteiger partial charge in [-0.15, -0.1) is 35.3 Å². The van der Waals surface area contributed by atoms with Crippen molar-refractivity contribution < 1.29 is 4.74 Å². The van der Waals surface area contributed by atoms with Crippen molar-refractivity contribution >= 4 is 41.3 Å². The highest BCUT2D eigenvalue weighted by molar-refractivity contribution is 14.0. The van der Waals surface area contributed by atoms with Crippen molar-refractivity contribution in [2.75, 3.05) is 14.2 Å². The van der Waals surface area contributed by atoms with Crippen molar-refractivity contribution in [3.8, 4) is 11.4 Å². The maximum atomic E-state index is 5.20. The Morgan fingerprint density at radius 3 is 2.59 bits per heavy atom. The van der Waals surface area contributed by atoms with Gasteiger partial charge in [0.15, 0.2) is 5.96 Å². The number of aliphatic imine (C=N–C) groups is 1. The highest BCUT2D eigenvalue weighted by Gasteiger charge is 2.09. The Balaban J connectivity index is 0.00000300. The van der Waals surface area contributed by atoms with Crippen LogP contribution in [0.1, 0.15) is 22.4 Å². The van der Waals surface area contributed by atoms with E-state index in [2.05, 4.69) is 46.7 Å². The van der Waals surface area contributed by atoms with Crippen LogP contribution in [0.2, 0.25) is 0 Å². The van der Waals surface area contributed by atoms with E-state index in [1.807, 2.05) is 52.5 Å². The number of aryl methyl sites for hydroxylation is 1. The molecule has 0 radical (unpaired) electrons. The van der Waals surface area contributed by atoms with Gasteiger partial charge in [0.05, 0.1) is 25.0 Å². The van der Waals surface area contributed by atoms with E-state index in [9.17, 15) is 0 Å². The van der Waals surface area contributed by atoms with Crippen LogP contribution in [0.5, 0.6) is 5.75 Å². The van der Waals surface area contributed by atoms with Crippen LogP contribution in [-0.2, 0) is 13.0 Å². The number of hydrogen-bond donors (Lipinski definition) is 2. The smallest absolute Gasteiger partial charge is 0.191 e. The summed E-state index contributed by atoms with van der Waals surface area (Å²) >= 11 is 1.84. The summed E-state index contributed by atoms with van der Waals surface area (Å²) in [6.45, 7) is 4.91. The van der Waals surface area contributed by atoms with Gasteiger partial charge in [0.25, 0.3) is 0 Å². The van der Waals surface area contributed by atoms with E-state index in [0.29, 0.717) is 12.6 Å². The number of halogens is 1. The summed E-state index contributed by atoms with van der Waals surface area (Å²) in [4.78, 5) is 7.05. The van der Waals surface area contributed by atoms with Crippen LogP contribution >= 0.6 is 35.3 Å². The second-order valence-electron chi connectivity index (χ2n) is 6.64. The van der Waals surface area contributed by atoms with Crippen molar-refractivity contribution in [1.82, 2.24) is 20.4 Å². The van der Waals surface area contributed by atoms with Crippen molar-refractivity contribution in [2.24, 2.45) is 4.99 Å². The molecule has 0 saturated carbocycles. The summed E-state index contributed by atoms with van der Waals surface area (Å²) in [5, 5.41) is 11.4. The van der Waals surface area contributed by atoms with E-state index in [1.165, 1.54) is 9.75 Å². The Kier molecular flexibility index (Phi) is 8.97. The van der Waals surface area contributed by atoms with Gasteiger partial charge in [0.1, 0.15) is 5.75 Å². The third kappa shape index (κ3) is 6.74. The molecule has 1 atom stereocenters. The predicted octanol–water partition coefficient (Wildman–Crippen LogP) is 4.17. The number of guanidine groups is 1. The second kappa shape index (κ2) is 11.2. The summed E-state index contributed by atoms with van der Waals surface area (Å²) in [5.41, 5.74) is 1.94. The van der Waals surface area contributed by atoms with E-state index >= 15 is 0 Å². The number of hydrogen-bond acceptors (Lipinski definition) is 4. The first-order valence-electron chi connectivity index (χ1n) is 9.29. The largest absolute Gasteiger partial charge is 0.497 e. The van der Waals surface area contributed by atoms with E-state index in [1.54, 1.807) is 14.2 Å². The molecule has 2 N–H and O–H groups in total. The average molecular weight is 525 g/mol. The number of rotatable bonds is 7. The zero-order valence-electron chi connectivity index (χ0n) is 17.2. The fourth-order valence-electron chi connectivity index (χ4n) is 2.88. The summed E-state index contributed by atoms with van der Waals surface area (Å²) in [6, 6.07) is 14.5. The van der Waals surface area contributed by atoms with Crippen molar-refractivity contribution in [3.63, 3.8) is 0 Å². The third-order valence-electron chi connectivity index (χ3n) is 4.33. The van der Waals surface area contributed by atoms with Crippen LogP contribution in [0.15, 0.2) is 53.7 Å². The molecule has 0 aliphatic heterocycles. The predicted molar refractivity (Wildman–Crippen MR) is 131 cm³/mol. The molecule has 3 rings (SSSR count). The number of ether oxygens (including phenoxy) is 1. The molecule has 29 heavy (non-hydrogen) atoms. The van der Waals surface area contributed by atoms with Crippen LogP contribution in [0.25, 0.3) is 5.69 Å². The first-order chi connectivity index (χ1) is 13.6. The van der Waals surface area contributed by atoms with Crippen LogP contribution in [0.4, 0.5) is 0 Å². The van der Waals surface area contributed by atoms with E-state index in [4.69, 9.17) is 4.74 Å². The Morgan fingerprint density at radius 2 is 1.97 bits per heavy atom. The minimum atomic E-state index is 0. The molecule has 0 bridgehead atoms. The first-order valence-corrected chi connectivity index (χ1v) is 10.1. The number of methoxy groups -OCH3 is 1. The molecule has 0 spiro atoms. The monoisotopic (exact) mass is 525 g/mol. The molecule has 1 aromatic carbocycles. The van der Waals surface area contributed by atoms with Crippen LogP contribution in [0, 0.1) is 6.92 Å². The van der Waals surface area contributed by atoms with Gasteiger partial charge in [0, 0.05) is 35.5 Å². The summed E-state index contributed by atoms with van der Waals surface area (Å²) < 4.78 is 7.05. The highest BCUT2D eigenvalue weighted by Crippen LogP contribution is 2.17. The van der Waals surface area contributed by atoms with Gasteiger partial charge >= 0.3 is 0 Å². The van der Waals surface area contributed by atoms with Gasteiger partial charge in [-0.25, -0.2) is 4.68 Å². The van der Waals surface area contributed by atoms with Crippen molar-refractivity contribution in [3.05, 3.63) is 64.1 Å². The summed E-state index contributed by atoms with van der Waals surface area (Å²) in [5.74, 6) is 1.61. The summed E-state index contributed by atoms with van der Waals surface area (Å²) in [7, 11) is 3.45. The van der Waals surface area contributed by atoms with E-state index in [0.717, 1.165) is 29.5 Å². The lowest BCUT2D eigenvalue weighted by atomic mass is 10.2. The summed E-state index contributed by atoms with van der Waals surface area (Å²) in [6.07, 6.45) is 2.93. The zero-order valence-corrected chi connectivity index (χ0v) is 20.3. The topological polar surface area (TPSA) is 63.5 Å². The lowest BCUT2D eigenvalue weighted by Gasteiger charge is -2.17. The number of aromatic nitrogens is 2. The standard InChI is InChI=1S/C21H27N5OS.HI/c1-15(13-20-10-5-16(2)28-20)24-21(22-3)23-14-17-11-12-26(25-17)18-6-8-19(27-4)9-7-18;/h5-12,15H,13-14H2,1-4H3,(H2,22,23,24);1H. The van der Waals surface area contributed by atoms with Crippen molar-refractivity contribution in [2.45, 2.75) is 32.9 Å². The second-order valence-corrected chi connectivity index (χ2v) is 8.01. The number of benzene rings is 1. The Labute approximate surface area is 193 Å². The number of nitrogens with zero attached hydrogens (tertiary/aromatic N) is 3. The SMILES string of the molecule is CN=C(NCc1ccn(-c2ccc(OC)cc2)n1)NC(C)Cc1ccc(C)s1.I. The van der Waals surface area contributed by atoms with Crippen LogP contribution in [0.3, 0.4) is 0 Å². The lowest BCUT2D eigenvalue weighted by molar-refractivity contribution is 0.414. The molecule has 3 aromatic rings. The minimum Gasteiger partial charge on any atom is -0.497 e. The maximum absolute atomic E-state index is 5.20. The molecule has 0 saturated heterocycles. The average Bonchev–Trinajstić information content (AvgIpc) is 3.34. The van der Waals surface area contributed by atoms with Crippen molar-refractivity contribution in [1.29, 1.82) is 0 Å². The molecule has 1 unspecified atom stereocenters. The molecule has 0 fully saturated rings. The molecule has 0 aliphatic rings. The van der Waals surface area contributed by atoms with Gasteiger partial charge in [-0.2, -0.15) is 5.10 Å². The Bertz CT molecular complexity index is 919. The van der Waals surface area contributed by atoms with Gasteiger partial charge in [-0.1, -0.05) is 0 Å². The van der Waals surface area contributed by atoms with E-state index in [-0.39, 0.29) is 24.0 Å². The first kappa shape index (κ1) is 23.2. The molecule has 6 nitrogen and oxygen atoms in total. The molecule has 156 valence electrons. The molecule has 2 aromatic heterocycles. The maximum Gasteiger partial charge on any atom is 0.191 e. The quantitative estimate of drug-likeness (QED) is 0.276. The Morgan fingerprint density at radius 1 is 1.21 bits per heavy atom. The lowest BCUT2D eigenvalue weighted by Crippen LogP contribution is -2.42. The molecule has 0 aliphatic carbocycles. The normalized spacial score (nSPS) is 12.2. The van der Waals surface area contributed by atoms with Gasteiger partial charge < -0.3 is 15.4 Å². The van der Waals surface area contributed by atoms with Gasteiger partial charge in [-0.3, -0.25) is 4.99 Å². The van der Waals surface area contributed by atoms with Crippen LogP contribution < -0.4 is 15.4 Å².